The Hall–Kier alpha value is -1.83. The Morgan fingerprint density at radius 1 is 1.38 bits per heavy atom. The summed E-state index contributed by atoms with van der Waals surface area (Å²) in [4.78, 5) is 36.6. The number of morpholine rings is 1. The second-order valence-electron chi connectivity index (χ2n) is 5.44. The van der Waals surface area contributed by atoms with E-state index in [-0.39, 0.29) is 19.1 Å². The number of ether oxygens (including phenoxy) is 1. The number of carboxylic acid groups (broad SMARTS) is 1. The van der Waals surface area contributed by atoms with Gasteiger partial charge in [0.2, 0.25) is 5.91 Å². The molecular weight excluding hydrogens is 278 g/mol. The topological polar surface area (TPSA) is 108 Å². The van der Waals surface area contributed by atoms with Gasteiger partial charge in [-0.2, -0.15) is 0 Å². The van der Waals surface area contributed by atoms with Crippen LogP contribution in [0.2, 0.25) is 0 Å². The first-order valence-electron chi connectivity index (χ1n) is 6.97. The highest BCUT2D eigenvalue weighted by Gasteiger charge is 2.37. The maximum Gasteiger partial charge on any atom is 0.328 e. The van der Waals surface area contributed by atoms with Gasteiger partial charge in [0.15, 0.2) is 0 Å². The molecule has 1 heterocycles. The van der Waals surface area contributed by atoms with Crippen molar-refractivity contribution in [3.8, 4) is 0 Å². The van der Waals surface area contributed by atoms with Crippen LogP contribution in [0.1, 0.15) is 27.2 Å². The van der Waals surface area contributed by atoms with Gasteiger partial charge in [0.05, 0.1) is 13.2 Å². The maximum absolute atomic E-state index is 12.2. The lowest BCUT2D eigenvalue weighted by Crippen LogP contribution is -2.62. The summed E-state index contributed by atoms with van der Waals surface area (Å²) in [5.41, 5.74) is -1.40. The van der Waals surface area contributed by atoms with Gasteiger partial charge >= 0.3 is 12.0 Å². The van der Waals surface area contributed by atoms with Crippen molar-refractivity contribution in [2.24, 2.45) is 0 Å². The number of nitrogens with zero attached hydrogens (tertiary/aromatic N) is 1. The number of carbonyl (C=O) groups is 3. The predicted octanol–water partition coefficient (Wildman–Crippen LogP) is -0.214. The monoisotopic (exact) mass is 301 g/mol. The number of carbonyl (C=O) groups excluding carboxylic acids is 2. The fourth-order valence-electron chi connectivity index (χ4n) is 1.82. The average molecular weight is 301 g/mol. The van der Waals surface area contributed by atoms with Crippen molar-refractivity contribution < 1.29 is 24.2 Å². The van der Waals surface area contributed by atoms with Crippen LogP contribution in [0.3, 0.4) is 0 Å². The zero-order valence-corrected chi connectivity index (χ0v) is 12.6. The second-order valence-corrected chi connectivity index (χ2v) is 5.44. The molecule has 1 saturated heterocycles. The summed E-state index contributed by atoms with van der Waals surface area (Å²) in [5.74, 6) is -1.43. The third-order valence-electron chi connectivity index (χ3n) is 3.20. The quantitative estimate of drug-likeness (QED) is 0.651. The largest absolute Gasteiger partial charge is 0.480 e. The number of nitrogens with one attached hydrogen (secondary N) is 2. The molecule has 0 aromatic heterocycles. The minimum Gasteiger partial charge on any atom is -0.480 e. The van der Waals surface area contributed by atoms with Crippen molar-refractivity contribution in [1.82, 2.24) is 15.5 Å². The third-order valence-corrected chi connectivity index (χ3v) is 3.20. The van der Waals surface area contributed by atoms with E-state index in [4.69, 9.17) is 9.84 Å². The minimum atomic E-state index is -1.40. The number of amides is 3. The van der Waals surface area contributed by atoms with Gasteiger partial charge in [-0.3, -0.25) is 4.79 Å². The van der Waals surface area contributed by atoms with Gasteiger partial charge in [0, 0.05) is 13.1 Å². The molecule has 3 amide bonds. The Morgan fingerprint density at radius 3 is 2.62 bits per heavy atom. The highest BCUT2D eigenvalue weighted by Crippen LogP contribution is 2.10. The first-order chi connectivity index (χ1) is 9.79. The van der Waals surface area contributed by atoms with Gasteiger partial charge in [-0.25, -0.2) is 9.59 Å². The summed E-state index contributed by atoms with van der Waals surface area (Å²) >= 11 is 0. The van der Waals surface area contributed by atoms with E-state index in [1.165, 1.54) is 18.7 Å². The van der Waals surface area contributed by atoms with Crippen molar-refractivity contribution in [3.05, 3.63) is 0 Å². The van der Waals surface area contributed by atoms with Crippen LogP contribution < -0.4 is 10.6 Å². The standard InChI is InChI=1S/C13H23N3O5/c1-4-5-14-10(17)9-8-21-7-6-16(9)12(20)15-13(2,3)11(18)19/h9H,4-8H2,1-3H3,(H,14,17)(H,15,20)(H,18,19). The highest BCUT2D eigenvalue weighted by atomic mass is 16.5. The number of aliphatic carboxylic acids is 1. The maximum atomic E-state index is 12.2. The normalized spacial score (nSPS) is 19.0. The highest BCUT2D eigenvalue weighted by molar-refractivity contribution is 5.90. The van der Waals surface area contributed by atoms with Crippen molar-refractivity contribution in [2.45, 2.75) is 38.8 Å². The molecule has 1 atom stereocenters. The molecule has 0 aromatic carbocycles. The third kappa shape index (κ3) is 4.59. The van der Waals surface area contributed by atoms with Gasteiger partial charge in [-0.15, -0.1) is 0 Å². The van der Waals surface area contributed by atoms with E-state index in [0.29, 0.717) is 13.2 Å². The molecule has 0 radical (unpaired) electrons. The Balaban J connectivity index is 2.74. The molecule has 120 valence electrons. The zero-order valence-electron chi connectivity index (χ0n) is 12.6. The van der Waals surface area contributed by atoms with E-state index in [1.54, 1.807) is 0 Å². The van der Waals surface area contributed by atoms with Crippen LogP contribution in [0.15, 0.2) is 0 Å². The molecule has 1 aliphatic rings. The van der Waals surface area contributed by atoms with Crippen LogP contribution >= 0.6 is 0 Å². The Kier molecular flexibility index (Phi) is 5.95. The average Bonchev–Trinajstić information content (AvgIpc) is 2.44. The van der Waals surface area contributed by atoms with E-state index >= 15 is 0 Å². The smallest absolute Gasteiger partial charge is 0.328 e. The van der Waals surface area contributed by atoms with Crippen LogP contribution in [0.4, 0.5) is 4.79 Å². The fourth-order valence-corrected chi connectivity index (χ4v) is 1.82. The molecule has 1 rings (SSSR count). The molecule has 8 heteroatoms. The van der Waals surface area contributed by atoms with E-state index in [9.17, 15) is 14.4 Å². The molecule has 0 saturated carbocycles. The Bertz CT molecular complexity index is 411. The fraction of sp³-hybridized carbons (Fsp3) is 0.769. The molecule has 1 unspecified atom stereocenters. The van der Waals surface area contributed by atoms with Crippen molar-refractivity contribution in [2.75, 3.05) is 26.3 Å². The predicted molar refractivity (Wildman–Crippen MR) is 74.9 cm³/mol. The number of urea groups is 1. The van der Waals surface area contributed by atoms with E-state index < -0.39 is 23.6 Å². The molecular formula is C13H23N3O5. The van der Waals surface area contributed by atoms with Crippen LogP contribution in [0.25, 0.3) is 0 Å². The van der Waals surface area contributed by atoms with Gasteiger partial charge in [-0.1, -0.05) is 6.92 Å². The lowest BCUT2D eigenvalue weighted by Gasteiger charge is -2.36. The SMILES string of the molecule is CCCNC(=O)C1COCCN1C(=O)NC(C)(C)C(=O)O. The first-order valence-corrected chi connectivity index (χ1v) is 6.97. The summed E-state index contributed by atoms with van der Waals surface area (Å²) < 4.78 is 5.24. The molecule has 1 fully saturated rings. The number of hydrogen-bond donors (Lipinski definition) is 3. The van der Waals surface area contributed by atoms with Crippen LogP contribution in [-0.2, 0) is 14.3 Å². The first kappa shape index (κ1) is 17.2. The van der Waals surface area contributed by atoms with Gasteiger partial charge in [0.25, 0.3) is 0 Å². The van der Waals surface area contributed by atoms with Crippen molar-refractivity contribution in [3.63, 3.8) is 0 Å². The van der Waals surface area contributed by atoms with Crippen molar-refractivity contribution >= 4 is 17.9 Å². The minimum absolute atomic E-state index is 0.108. The summed E-state index contributed by atoms with van der Waals surface area (Å²) in [6, 6.07) is -1.32. The molecule has 21 heavy (non-hydrogen) atoms. The summed E-state index contributed by atoms with van der Waals surface area (Å²) in [6.45, 7) is 5.89. The Morgan fingerprint density at radius 2 is 2.05 bits per heavy atom. The molecule has 0 aliphatic carbocycles. The Labute approximate surface area is 123 Å². The van der Waals surface area contributed by atoms with E-state index in [1.807, 2.05) is 6.92 Å². The van der Waals surface area contributed by atoms with Gasteiger partial charge in [-0.05, 0) is 20.3 Å². The second kappa shape index (κ2) is 7.26. The number of hydrogen-bond acceptors (Lipinski definition) is 4. The van der Waals surface area contributed by atoms with Crippen molar-refractivity contribution in [1.29, 1.82) is 0 Å². The molecule has 0 bridgehead atoms. The summed E-state index contributed by atoms with van der Waals surface area (Å²) in [6.07, 6.45) is 0.789. The summed E-state index contributed by atoms with van der Waals surface area (Å²) in [7, 11) is 0. The van der Waals surface area contributed by atoms with Crippen LogP contribution in [0.5, 0.6) is 0 Å². The molecule has 3 N–H and O–H groups in total. The molecule has 0 aromatic rings. The number of carboxylic acids is 1. The van der Waals surface area contributed by atoms with Crippen LogP contribution in [0, 0.1) is 0 Å². The van der Waals surface area contributed by atoms with Gasteiger partial charge < -0.3 is 25.4 Å². The van der Waals surface area contributed by atoms with E-state index in [0.717, 1.165) is 6.42 Å². The molecule has 0 spiro atoms. The lowest BCUT2D eigenvalue weighted by molar-refractivity contribution is -0.143. The van der Waals surface area contributed by atoms with Gasteiger partial charge in [0.1, 0.15) is 11.6 Å². The molecule has 8 nitrogen and oxygen atoms in total. The molecule has 1 aliphatic heterocycles. The van der Waals surface area contributed by atoms with E-state index in [2.05, 4.69) is 10.6 Å². The number of rotatable bonds is 5. The zero-order chi connectivity index (χ0) is 16.0. The summed E-state index contributed by atoms with van der Waals surface area (Å²) in [5, 5.41) is 14.2. The van der Waals surface area contributed by atoms with Crippen LogP contribution in [-0.4, -0.2) is 65.8 Å². The lowest BCUT2D eigenvalue weighted by atomic mass is 10.1.